The van der Waals surface area contributed by atoms with E-state index in [-0.39, 0.29) is 16.7 Å². The second kappa shape index (κ2) is 4.54. The third-order valence-corrected chi connectivity index (χ3v) is 4.76. The molecule has 114 valence electrons. The van der Waals surface area contributed by atoms with Crippen molar-refractivity contribution in [3.05, 3.63) is 18.0 Å². The maximum absolute atomic E-state index is 8.99. The quantitative estimate of drug-likeness (QED) is 0.853. The highest BCUT2D eigenvalue weighted by molar-refractivity contribution is 5.13. The van der Waals surface area contributed by atoms with Gasteiger partial charge in [0.1, 0.15) is 5.54 Å². The van der Waals surface area contributed by atoms with Gasteiger partial charge < -0.3 is 14.2 Å². The lowest BCUT2D eigenvalue weighted by atomic mass is 9.90. The Hall–Kier alpha value is -1.42. The SMILES string of the molecule is CC1(C)OC(c2cnn(C3(CC#N)COC3)c2)OC1(C)C. The molecule has 2 saturated heterocycles. The molecule has 3 heterocycles. The molecule has 0 amide bonds. The highest BCUT2D eigenvalue weighted by Gasteiger charge is 2.50. The van der Waals surface area contributed by atoms with Crippen LogP contribution in [-0.4, -0.2) is 34.2 Å². The topological polar surface area (TPSA) is 69.3 Å². The average Bonchev–Trinajstić information content (AvgIpc) is 2.88. The third-order valence-electron chi connectivity index (χ3n) is 4.76. The molecule has 0 spiro atoms. The van der Waals surface area contributed by atoms with Crippen molar-refractivity contribution in [2.24, 2.45) is 0 Å². The van der Waals surface area contributed by atoms with E-state index in [0.29, 0.717) is 19.6 Å². The van der Waals surface area contributed by atoms with E-state index in [1.807, 2.05) is 38.6 Å². The van der Waals surface area contributed by atoms with Gasteiger partial charge in [0.25, 0.3) is 0 Å². The van der Waals surface area contributed by atoms with Gasteiger partial charge in [0.15, 0.2) is 6.29 Å². The second-order valence-corrected chi connectivity index (χ2v) is 6.86. The van der Waals surface area contributed by atoms with Crippen molar-refractivity contribution in [1.29, 1.82) is 5.26 Å². The molecule has 0 aliphatic carbocycles. The monoisotopic (exact) mass is 291 g/mol. The largest absolute Gasteiger partial charge is 0.376 e. The van der Waals surface area contributed by atoms with Crippen molar-refractivity contribution in [3.63, 3.8) is 0 Å². The Kier molecular flexibility index (Phi) is 3.14. The van der Waals surface area contributed by atoms with E-state index < -0.39 is 6.29 Å². The lowest BCUT2D eigenvalue weighted by Crippen LogP contribution is -2.51. The normalized spacial score (nSPS) is 26.2. The van der Waals surface area contributed by atoms with Crippen molar-refractivity contribution in [1.82, 2.24) is 9.78 Å². The summed E-state index contributed by atoms with van der Waals surface area (Å²) in [7, 11) is 0. The molecule has 2 fully saturated rings. The van der Waals surface area contributed by atoms with Crippen LogP contribution in [0.15, 0.2) is 12.4 Å². The van der Waals surface area contributed by atoms with Gasteiger partial charge in [-0.3, -0.25) is 4.68 Å². The summed E-state index contributed by atoms with van der Waals surface area (Å²) in [6, 6.07) is 2.21. The Balaban J connectivity index is 1.82. The molecule has 2 aliphatic heterocycles. The number of ether oxygens (including phenoxy) is 3. The van der Waals surface area contributed by atoms with Gasteiger partial charge in [0.2, 0.25) is 0 Å². The van der Waals surface area contributed by atoms with Gasteiger partial charge >= 0.3 is 0 Å². The highest BCUT2D eigenvalue weighted by atomic mass is 16.7. The number of nitriles is 1. The number of hydrogen-bond donors (Lipinski definition) is 0. The van der Waals surface area contributed by atoms with Crippen LogP contribution in [0, 0.1) is 11.3 Å². The summed E-state index contributed by atoms with van der Waals surface area (Å²) in [5.41, 5.74) is -0.206. The van der Waals surface area contributed by atoms with Gasteiger partial charge in [-0.05, 0) is 27.7 Å². The van der Waals surface area contributed by atoms with Crippen LogP contribution in [0.1, 0.15) is 46.0 Å². The van der Waals surface area contributed by atoms with Gasteiger partial charge in [0, 0.05) is 11.8 Å². The van der Waals surface area contributed by atoms with Crippen LogP contribution in [0.5, 0.6) is 0 Å². The molecule has 0 radical (unpaired) electrons. The fraction of sp³-hybridized carbons (Fsp3) is 0.733. The first-order chi connectivity index (χ1) is 9.80. The first-order valence-corrected chi connectivity index (χ1v) is 7.15. The lowest BCUT2D eigenvalue weighted by molar-refractivity contribution is -0.105. The van der Waals surface area contributed by atoms with Crippen LogP contribution in [0.4, 0.5) is 0 Å². The molecule has 0 aromatic carbocycles. The first kappa shape index (κ1) is 14.5. The molecule has 0 atom stereocenters. The van der Waals surface area contributed by atoms with Gasteiger partial charge in [-0.15, -0.1) is 0 Å². The van der Waals surface area contributed by atoms with Gasteiger partial charge in [-0.2, -0.15) is 10.4 Å². The fourth-order valence-electron chi connectivity index (χ4n) is 2.50. The third kappa shape index (κ3) is 2.16. The van der Waals surface area contributed by atoms with E-state index in [2.05, 4.69) is 11.2 Å². The summed E-state index contributed by atoms with van der Waals surface area (Å²) in [5, 5.41) is 13.4. The zero-order valence-corrected chi connectivity index (χ0v) is 12.9. The summed E-state index contributed by atoms with van der Waals surface area (Å²) < 4.78 is 19.1. The van der Waals surface area contributed by atoms with Crippen LogP contribution >= 0.6 is 0 Å². The molecule has 1 aromatic rings. The molecule has 0 unspecified atom stereocenters. The number of hydrogen-bond acceptors (Lipinski definition) is 5. The van der Waals surface area contributed by atoms with Crippen molar-refractivity contribution in [2.75, 3.05) is 13.2 Å². The number of rotatable bonds is 3. The summed E-state index contributed by atoms with van der Waals surface area (Å²) in [6.45, 7) is 9.13. The predicted octanol–water partition coefficient (Wildman–Crippen LogP) is 2.12. The Morgan fingerprint density at radius 2 is 1.90 bits per heavy atom. The van der Waals surface area contributed by atoms with Crippen LogP contribution in [0.25, 0.3) is 0 Å². The molecule has 0 saturated carbocycles. The minimum absolute atomic E-state index is 0.337. The lowest BCUT2D eigenvalue weighted by Gasteiger charge is -2.39. The maximum Gasteiger partial charge on any atom is 0.188 e. The van der Waals surface area contributed by atoms with E-state index in [1.165, 1.54) is 0 Å². The Bertz CT molecular complexity index is 565. The highest BCUT2D eigenvalue weighted by Crippen LogP contribution is 2.45. The van der Waals surface area contributed by atoms with E-state index in [9.17, 15) is 0 Å². The van der Waals surface area contributed by atoms with Gasteiger partial charge in [-0.1, -0.05) is 0 Å². The smallest absolute Gasteiger partial charge is 0.188 e. The molecule has 21 heavy (non-hydrogen) atoms. The molecule has 6 heteroatoms. The molecular formula is C15H21N3O3. The second-order valence-electron chi connectivity index (χ2n) is 6.86. The number of aromatic nitrogens is 2. The molecule has 0 N–H and O–H groups in total. The minimum atomic E-state index is -0.427. The predicted molar refractivity (Wildman–Crippen MR) is 74.3 cm³/mol. The standard InChI is InChI=1S/C15H21N3O3/c1-13(2)14(3,4)21-12(20-13)11-7-17-18(8-11)15(5-6-16)9-19-10-15/h7-8,12H,5,9-10H2,1-4H3. The Morgan fingerprint density at radius 1 is 1.29 bits per heavy atom. The molecular weight excluding hydrogens is 270 g/mol. The van der Waals surface area contributed by atoms with E-state index in [0.717, 1.165) is 5.56 Å². The van der Waals surface area contributed by atoms with E-state index >= 15 is 0 Å². The van der Waals surface area contributed by atoms with E-state index in [1.54, 1.807) is 6.20 Å². The summed E-state index contributed by atoms with van der Waals surface area (Å²) in [5.74, 6) is 0. The number of nitrogens with zero attached hydrogens (tertiary/aromatic N) is 3. The maximum atomic E-state index is 8.99. The minimum Gasteiger partial charge on any atom is -0.376 e. The van der Waals surface area contributed by atoms with E-state index in [4.69, 9.17) is 19.5 Å². The molecule has 2 aliphatic rings. The molecule has 0 bridgehead atoms. The zero-order valence-electron chi connectivity index (χ0n) is 12.9. The van der Waals surface area contributed by atoms with Gasteiger partial charge in [0.05, 0.1) is 43.1 Å². The van der Waals surface area contributed by atoms with Crippen LogP contribution in [0.2, 0.25) is 0 Å². The molecule has 6 nitrogen and oxygen atoms in total. The summed E-state index contributed by atoms with van der Waals surface area (Å²) in [4.78, 5) is 0. The molecule has 1 aromatic heterocycles. The zero-order chi connectivity index (χ0) is 15.3. The fourth-order valence-corrected chi connectivity index (χ4v) is 2.50. The summed E-state index contributed by atoms with van der Waals surface area (Å²) in [6.07, 6.45) is 3.61. The van der Waals surface area contributed by atoms with Crippen molar-refractivity contribution in [2.45, 2.75) is 57.1 Å². The van der Waals surface area contributed by atoms with Gasteiger partial charge in [-0.25, -0.2) is 0 Å². The van der Waals surface area contributed by atoms with Crippen molar-refractivity contribution >= 4 is 0 Å². The Morgan fingerprint density at radius 3 is 2.38 bits per heavy atom. The average molecular weight is 291 g/mol. The summed E-state index contributed by atoms with van der Waals surface area (Å²) >= 11 is 0. The van der Waals surface area contributed by atoms with Crippen molar-refractivity contribution in [3.8, 4) is 6.07 Å². The first-order valence-electron chi connectivity index (χ1n) is 7.15. The van der Waals surface area contributed by atoms with Crippen LogP contribution in [0.3, 0.4) is 0 Å². The Labute approximate surface area is 124 Å². The van der Waals surface area contributed by atoms with Crippen LogP contribution < -0.4 is 0 Å². The van der Waals surface area contributed by atoms with Crippen molar-refractivity contribution < 1.29 is 14.2 Å². The molecule has 3 rings (SSSR count). The van der Waals surface area contributed by atoms with Crippen LogP contribution in [-0.2, 0) is 19.7 Å².